The van der Waals surface area contributed by atoms with Gasteiger partial charge < -0.3 is 10.6 Å². The van der Waals surface area contributed by atoms with E-state index in [-0.39, 0.29) is 11.6 Å². The molecule has 0 fully saturated rings. The third-order valence-corrected chi connectivity index (χ3v) is 3.77. The number of para-hydroxylation sites is 1. The number of amides is 1. The minimum absolute atomic E-state index is 0.282. The molecule has 0 radical (unpaired) electrons. The van der Waals surface area contributed by atoms with E-state index in [2.05, 4.69) is 15.6 Å². The lowest BCUT2D eigenvalue weighted by Crippen LogP contribution is -2.25. The van der Waals surface area contributed by atoms with Crippen molar-refractivity contribution in [2.24, 2.45) is 0 Å². The summed E-state index contributed by atoms with van der Waals surface area (Å²) >= 11 is 0. The van der Waals surface area contributed by atoms with E-state index in [0.717, 1.165) is 17.7 Å². The Morgan fingerprint density at radius 2 is 1.69 bits per heavy atom. The van der Waals surface area contributed by atoms with Gasteiger partial charge in [0.25, 0.3) is 5.91 Å². The van der Waals surface area contributed by atoms with Gasteiger partial charge in [-0.3, -0.25) is 9.78 Å². The van der Waals surface area contributed by atoms with Gasteiger partial charge in [-0.15, -0.1) is 0 Å². The van der Waals surface area contributed by atoms with Crippen molar-refractivity contribution in [1.82, 2.24) is 10.3 Å². The number of aromatic nitrogens is 1. The lowest BCUT2D eigenvalue weighted by molar-refractivity contribution is 0.0954. The molecule has 0 aliphatic heterocycles. The first kappa shape index (κ1) is 17.5. The Hall–Kier alpha value is -3.28. The molecule has 4 nitrogen and oxygen atoms in total. The maximum Gasteiger partial charge on any atom is 0.252 e. The summed E-state index contributed by atoms with van der Waals surface area (Å²) in [6.45, 7) is 0.475. The van der Waals surface area contributed by atoms with E-state index in [4.69, 9.17) is 0 Å². The van der Waals surface area contributed by atoms with Gasteiger partial charge >= 0.3 is 0 Å². The second-order valence-electron chi connectivity index (χ2n) is 5.68. The zero-order chi connectivity index (χ0) is 18.4. The molecule has 0 saturated carbocycles. The highest BCUT2D eigenvalue weighted by molar-refractivity contribution is 5.94. The van der Waals surface area contributed by atoms with Crippen LogP contribution in [-0.4, -0.2) is 17.4 Å². The second-order valence-corrected chi connectivity index (χ2v) is 5.68. The number of rotatable bonds is 6. The van der Waals surface area contributed by atoms with Gasteiger partial charge in [0.2, 0.25) is 0 Å². The van der Waals surface area contributed by atoms with Gasteiger partial charge in [-0.2, -0.15) is 0 Å². The number of anilines is 2. The minimum atomic E-state index is -0.720. The monoisotopic (exact) mass is 353 g/mol. The van der Waals surface area contributed by atoms with E-state index in [9.17, 15) is 13.6 Å². The van der Waals surface area contributed by atoms with Crippen molar-refractivity contribution in [2.75, 3.05) is 11.9 Å². The molecule has 0 unspecified atom stereocenters. The molecule has 0 saturated heterocycles. The van der Waals surface area contributed by atoms with Gasteiger partial charge in [0.15, 0.2) is 0 Å². The molecule has 0 bridgehead atoms. The van der Waals surface area contributed by atoms with E-state index < -0.39 is 11.6 Å². The molecule has 2 aromatic carbocycles. The van der Waals surface area contributed by atoms with Gasteiger partial charge in [0, 0.05) is 12.7 Å². The van der Waals surface area contributed by atoms with Gasteiger partial charge in [-0.1, -0.05) is 36.4 Å². The maximum atomic E-state index is 13.7. The van der Waals surface area contributed by atoms with E-state index >= 15 is 0 Å². The minimum Gasteiger partial charge on any atom is -0.352 e. The number of nitrogens with zero attached hydrogens (tertiary/aromatic N) is 1. The summed E-state index contributed by atoms with van der Waals surface area (Å²) < 4.78 is 27.4. The normalized spacial score (nSPS) is 10.4. The standard InChI is InChI=1S/C20H17F2N3O/c21-17-7-4-8-18(22)19(17)25-16-11-15(12-23-13-16)20(26)24-10-9-14-5-2-1-3-6-14/h1-8,11-13,25H,9-10H2,(H,24,26). The Kier molecular flexibility index (Phi) is 5.53. The van der Waals surface area contributed by atoms with Crippen molar-refractivity contribution in [3.05, 3.63) is 89.8 Å². The Labute approximate surface area is 149 Å². The SMILES string of the molecule is O=C(NCCc1ccccc1)c1cncc(Nc2c(F)cccc2F)c1. The fourth-order valence-corrected chi connectivity index (χ4v) is 2.46. The molecule has 3 aromatic rings. The molecule has 1 aromatic heterocycles. The van der Waals surface area contributed by atoms with Gasteiger partial charge in [-0.05, 0) is 30.2 Å². The van der Waals surface area contributed by atoms with Gasteiger partial charge in [0.1, 0.15) is 17.3 Å². The van der Waals surface area contributed by atoms with Crippen LogP contribution in [0.2, 0.25) is 0 Å². The van der Waals surface area contributed by atoms with Crippen LogP contribution in [0.25, 0.3) is 0 Å². The molecule has 26 heavy (non-hydrogen) atoms. The van der Waals surface area contributed by atoms with E-state index in [1.165, 1.54) is 24.5 Å². The molecular formula is C20H17F2N3O. The topological polar surface area (TPSA) is 54.0 Å². The molecular weight excluding hydrogens is 336 g/mol. The van der Waals surface area contributed by atoms with E-state index in [1.807, 2.05) is 30.3 Å². The smallest absolute Gasteiger partial charge is 0.252 e. The van der Waals surface area contributed by atoms with E-state index in [0.29, 0.717) is 24.2 Å². The van der Waals surface area contributed by atoms with Crippen LogP contribution in [0.3, 0.4) is 0 Å². The summed E-state index contributed by atoms with van der Waals surface area (Å²) in [4.78, 5) is 16.2. The quantitative estimate of drug-likeness (QED) is 0.702. The highest BCUT2D eigenvalue weighted by Gasteiger charge is 2.11. The van der Waals surface area contributed by atoms with Crippen molar-refractivity contribution in [3.8, 4) is 0 Å². The fourth-order valence-electron chi connectivity index (χ4n) is 2.46. The van der Waals surface area contributed by atoms with Crippen molar-refractivity contribution in [3.63, 3.8) is 0 Å². The van der Waals surface area contributed by atoms with Crippen LogP contribution in [0.15, 0.2) is 67.0 Å². The fraction of sp³-hybridized carbons (Fsp3) is 0.100. The summed E-state index contributed by atoms with van der Waals surface area (Å²) in [6.07, 6.45) is 3.51. The second kappa shape index (κ2) is 8.20. The summed E-state index contributed by atoms with van der Waals surface area (Å²) in [5.41, 5.74) is 1.47. The highest BCUT2D eigenvalue weighted by atomic mass is 19.1. The molecule has 2 N–H and O–H groups in total. The Balaban J connectivity index is 1.64. The first-order chi connectivity index (χ1) is 12.6. The summed E-state index contributed by atoms with van der Waals surface area (Å²) in [5.74, 6) is -1.74. The van der Waals surface area contributed by atoms with Crippen LogP contribution in [0, 0.1) is 11.6 Å². The Morgan fingerprint density at radius 1 is 0.962 bits per heavy atom. The lowest BCUT2D eigenvalue weighted by atomic mass is 10.1. The number of carbonyl (C=O) groups is 1. The van der Waals surface area contributed by atoms with Crippen molar-refractivity contribution >= 4 is 17.3 Å². The highest BCUT2D eigenvalue weighted by Crippen LogP contribution is 2.23. The molecule has 1 amide bonds. The first-order valence-corrected chi connectivity index (χ1v) is 8.11. The number of benzene rings is 2. The third kappa shape index (κ3) is 4.42. The number of hydrogen-bond donors (Lipinski definition) is 2. The maximum absolute atomic E-state index is 13.7. The van der Waals surface area contributed by atoms with Crippen LogP contribution in [0.1, 0.15) is 15.9 Å². The van der Waals surface area contributed by atoms with Crippen LogP contribution in [0.4, 0.5) is 20.2 Å². The van der Waals surface area contributed by atoms with E-state index in [1.54, 1.807) is 0 Å². The molecule has 0 atom stereocenters. The third-order valence-electron chi connectivity index (χ3n) is 3.77. The summed E-state index contributed by atoms with van der Waals surface area (Å²) in [7, 11) is 0. The molecule has 0 aliphatic rings. The number of pyridine rings is 1. The van der Waals surface area contributed by atoms with Crippen molar-refractivity contribution < 1.29 is 13.6 Å². The average Bonchev–Trinajstić information content (AvgIpc) is 2.66. The molecule has 0 spiro atoms. The van der Waals surface area contributed by atoms with Crippen molar-refractivity contribution in [1.29, 1.82) is 0 Å². The predicted molar refractivity (Wildman–Crippen MR) is 96.4 cm³/mol. The van der Waals surface area contributed by atoms with Crippen LogP contribution >= 0.6 is 0 Å². The molecule has 132 valence electrons. The lowest BCUT2D eigenvalue weighted by Gasteiger charge is -2.10. The largest absolute Gasteiger partial charge is 0.352 e. The number of hydrogen-bond acceptors (Lipinski definition) is 3. The number of nitrogens with one attached hydrogen (secondary N) is 2. The van der Waals surface area contributed by atoms with Crippen LogP contribution in [0.5, 0.6) is 0 Å². The molecule has 6 heteroatoms. The Bertz CT molecular complexity index is 880. The van der Waals surface area contributed by atoms with Crippen LogP contribution < -0.4 is 10.6 Å². The van der Waals surface area contributed by atoms with Crippen LogP contribution in [-0.2, 0) is 6.42 Å². The first-order valence-electron chi connectivity index (χ1n) is 8.11. The molecule has 0 aliphatic carbocycles. The number of carbonyl (C=O) groups excluding carboxylic acids is 1. The number of halogens is 2. The summed E-state index contributed by atoms with van der Waals surface area (Å²) in [6, 6.07) is 14.9. The van der Waals surface area contributed by atoms with Gasteiger partial charge in [-0.25, -0.2) is 8.78 Å². The van der Waals surface area contributed by atoms with Gasteiger partial charge in [0.05, 0.1) is 17.4 Å². The molecule has 3 rings (SSSR count). The Morgan fingerprint density at radius 3 is 2.42 bits per heavy atom. The zero-order valence-corrected chi connectivity index (χ0v) is 13.9. The average molecular weight is 353 g/mol. The summed E-state index contributed by atoms with van der Waals surface area (Å²) in [5, 5.41) is 5.43. The van der Waals surface area contributed by atoms with Crippen molar-refractivity contribution in [2.45, 2.75) is 6.42 Å². The predicted octanol–water partition coefficient (Wildman–Crippen LogP) is 4.08. The zero-order valence-electron chi connectivity index (χ0n) is 13.9. The molecule has 1 heterocycles.